The summed E-state index contributed by atoms with van der Waals surface area (Å²) in [5.74, 6) is 0.837. The number of carbonyl (C=O) groups is 2. The van der Waals surface area contributed by atoms with Crippen molar-refractivity contribution in [3.05, 3.63) is 0 Å². The van der Waals surface area contributed by atoms with Crippen LogP contribution in [-0.4, -0.2) is 66.6 Å². The molecule has 0 aromatic heterocycles. The number of carbonyl (C=O) groups excluding carboxylic acids is 2. The fourth-order valence-corrected chi connectivity index (χ4v) is 12.5. The summed E-state index contributed by atoms with van der Waals surface area (Å²) in [5, 5.41) is 30.1. The summed E-state index contributed by atoms with van der Waals surface area (Å²) in [6.07, 6.45) is 16.1. The van der Waals surface area contributed by atoms with Gasteiger partial charge in [0.25, 0.3) is 0 Å². The van der Waals surface area contributed by atoms with Crippen molar-refractivity contribution in [2.45, 2.75) is 176 Å². The van der Waals surface area contributed by atoms with Crippen LogP contribution in [0.5, 0.6) is 0 Å². The van der Waals surface area contributed by atoms with Crippen molar-refractivity contribution < 1.29 is 24.5 Å². The van der Waals surface area contributed by atoms with Gasteiger partial charge in [-0.3, -0.25) is 9.59 Å². The summed E-state index contributed by atoms with van der Waals surface area (Å²) in [5.41, 5.74) is 5.20. The monoisotopic (exact) mass is 718 g/mol. The van der Waals surface area contributed by atoms with Crippen molar-refractivity contribution in [2.24, 2.45) is 63.4 Å². The number of aliphatic hydroxyl groups excluding tert-OH is 2. The maximum Gasteiger partial charge on any atom is 0.302 e. The number of rotatable bonds is 20. The largest absolute Gasteiger partial charge is 0.462 e. The van der Waals surface area contributed by atoms with Gasteiger partial charge in [-0.15, -0.1) is 0 Å². The molecule has 12 atom stereocenters. The van der Waals surface area contributed by atoms with Crippen molar-refractivity contribution in [3.63, 3.8) is 0 Å². The lowest BCUT2D eigenvalue weighted by molar-refractivity contribution is -0.239. The van der Waals surface area contributed by atoms with Crippen molar-refractivity contribution in [2.75, 3.05) is 26.2 Å². The molecule has 0 radical (unpaired) electrons. The van der Waals surface area contributed by atoms with Gasteiger partial charge in [0.1, 0.15) is 6.10 Å². The van der Waals surface area contributed by atoms with Crippen molar-refractivity contribution >= 4 is 11.9 Å². The summed E-state index contributed by atoms with van der Waals surface area (Å²) in [6, 6.07) is 0. The quantitative estimate of drug-likeness (QED) is 0.0656. The van der Waals surface area contributed by atoms with E-state index in [4.69, 9.17) is 10.5 Å². The third-order valence-electron chi connectivity index (χ3n) is 15.3. The number of esters is 1. The molecule has 0 saturated heterocycles. The molecule has 4 rings (SSSR count). The first-order valence-electron chi connectivity index (χ1n) is 21.4. The Balaban J connectivity index is 1.45. The van der Waals surface area contributed by atoms with E-state index in [9.17, 15) is 19.8 Å². The third kappa shape index (κ3) is 9.54. The van der Waals surface area contributed by atoms with Gasteiger partial charge in [0.05, 0.1) is 12.2 Å². The van der Waals surface area contributed by atoms with Crippen LogP contribution in [0.25, 0.3) is 0 Å². The average molecular weight is 718 g/mol. The predicted octanol–water partition coefficient (Wildman–Crippen LogP) is 7.38. The second kappa shape index (κ2) is 18.9. The third-order valence-corrected chi connectivity index (χ3v) is 15.3. The number of hydrogen-bond acceptors (Lipinski definition) is 7. The molecule has 0 bridgehead atoms. The Morgan fingerprint density at radius 1 is 0.824 bits per heavy atom. The first-order valence-corrected chi connectivity index (χ1v) is 21.4. The molecule has 8 nitrogen and oxygen atoms in total. The van der Waals surface area contributed by atoms with Gasteiger partial charge in [0, 0.05) is 25.3 Å². The molecule has 4 aliphatic carbocycles. The number of ether oxygens (including phenoxy) is 1. The molecule has 0 heterocycles. The van der Waals surface area contributed by atoms with E-state index in [2.05, 4.69) is 52.2 Å². The van der Waals surface area contributed by atoms with E-state index in [0.29, 0.717) is 24.8 Å². The van der Waals surface area contributed by atoms with Gasteiger partial charge in [0.15, 0.2) is 0 Å². The maximum atomic E-state index is 14.3. The first kappa shape index (κ1) is 42.5. The molecule has 0 spiro atoms. The van der Waals surface area contributed by atoms with Crippen LogP contribution in [0.1, 0.15) is 158 Å². The number of nitrogens with one attached hydrogen (secondary N) is 2. The normalized spacial score (nSPS) is 38.1. The van der Waals surface area contributed by atoms with Gasteiger partial charge in [-0.1, -0.05) is 80.1 Å². The Kier molecular flexibility index (Phi) is 15.7. The molecule has 6 N–H and O–H groups in total. The Hall–Kier alpha value is -1.22. The fraction of sp³-hybridized carbons (Fsp3) is 0.953. The minimum Gasteiger partial charge on any atom is -0.462 e. The van der Waals surface area contributed by atoms with Crippen LogP contribution in [0.3, 0.4) is 0 Å². The van der Waals surface area contributed by atoms with E-state index in [0.717, 1.165) is 103 Å². The zero-order chi connectivity index (χ0) is 37.4. The maximum absolute atomic E-state index is 14.3. The highest BCUT2D eigenvalue weighted by Gasteiger charge is 2.72. The van der Waals surface area contributed by atoms with Crippen LogP contribution in [-0.2, 0) is 14.3 Å². The summed E-state index contributed by atoms with van der Waals surface area (Å²) in [4.78, 5) is 27.0. The molecular weight excluding hydrogens is 638 g/mol. The highest BCUT2D eigenvalue weighted by Crippen LogP contribution is 2.74. The topological polar surface area (TPSA) is 134 Å². The average Bonchev–Trinajstić information content (AvgIpc) is 3.34. The van der Waals surface area contributed by atoms with Gasteiger partial charge < -0.3 is 31.3 Å². The molecule has 296 valence electrons. The smallest absolute Gasteiger partial charge is 0.302 e. The van der Waals surface area contributed by atoms with Crippen LogP contribution in [0.2, 0.25) is 0 Å². The SMILES string of the molecule is CC(=O)O[C@H]1C[C@@]2(C)C(C[C@@H](O)C3[C@@]4(C)CC[C@@H](O)[C@@H](C)C4CC[C@@]32C)[C@@H]1[C@H](CCCC(C)C)C(=O)NCCCCCCNCCCCCCN. The zero-order valence-corrected chi connectivity index (χ0v) is 33.8. The predicted molar refractivity (Wildman–Crippen MR) is 207 cm³/mol. The summed E-state index contributed by atoms with van der Waals surface area (Å²) >= 11 is 0. The molecule has 1 amide bonds. The number of nitrogens with two attached hydrogens (primary N) is 1. The lowest BCUT2D eigenvalue weighted by Gasteiger charge is -2.69. The van der Waals surface area contributed by atoms with Gasteiger partial charge >= 0.3 is 5.97 Å². The molecule has 0 aromatic rings. The lowest BCUT2D eigenvalue weighted by Crippen LogP contribution is -2.66. The molecule has 4 aliphatic rings. The molecular formula is C43H79N3O5. The molecule has 0 aliphatic heterocycles. The highest BCUT2D eigenvalue weighted by molar-refractivity contribution is 5.79. The van der Waals surface area contributed by atoms with Gasteiger partial charge in [-0.05, 0) is 136 Å². The first-order chi connectivity index (χ1) is 24.2. The summed E-state index contributed by atoms with van der Waals surface area (Å²) in [6.45, 7) is 19.0. The van der Waals surface area contributed by atoms with Gasteiger partial charge in [0.2, 0.25) is 5.91 Å². The highest BCUT2D eigenvalue weighted by atomic mass is 16.5. The van der Waals surface area contributed by atoms with Crippen molar-refractivity contribution in [1.29, 1.82) is 0 Å². The van der Waals surface area contributed by atoms with Gasteiger partial charge in [-0.25, -0.2) is 0 Å². The molecule has 0 aromatic carbocycles. The van der Waals surface area contributed by atoms with E-state index in [1.807, 2.05) is 0 Å². The Bertz CT molecular complexity index is 1100. The Morgan fingerprint density at radius 2 is 1.47 bits per heavy atom. The molecule has 3 unspecified atom stereocenters. The molecule has 4 fully saturated rings. The van der Waals surface area contributed by atoms with E-state index >= 15 is 0 Å². The van der Waals surface area contributed by atoms with Gasteiger partial charge in [-0.2, -0.15) is 0 Å². The zero-order valence-electron chi connectivity index (χ0n) is 33.8. The number of fused-ring (bicyclic) bond motifs is 5. The molecule has 8 heteroatoms. The van der Waals surface area contributed by atoms with Crippen LogP contribution in [0, 0.1) is 57.7 Å². The minimum atomic E-state index is -0.480. The number of amides is 1. The Morgan fingerprint density at radius 3 is 2.10 bits per heavy atom. The van der Waals surface area contributed by atoms with E-state index in [-0.39, 0.29) is 69.9 Å². The summed E-state index contributed by atoms with van der Waals surface area (Å²) in [7, 11) is 0. The fourth-order valence-electron chi connectivity index (χ4n) is 12.5. The van der Waals surface area contributed by atoms with E-state index < -0.39 is 6.10 Å². The molecule has 51 heavy (non-hydrogen) atoms. The standard InChI is InChI=1S/C43H79N3O5/c1-29(2)17-16-18-32(40(50)46-26-15-11-10-14-25-45-24-13-9-8-12-23-44)38-34-27-36(49)39-41(5)21-20-35(48)30(3)33(41)19-22-42(39,6)43(34,7)28-37(38)51-31(4)47/h29-30,32-39,45,48-49H,8-28,44H2,1-7H3,(H,46,50)/t30-,32-,33?,34?,35+,36+,37-,38-,39?,41-,42-,43-/m0/s1. The second-order valence-electron chi connectivity index (χ2n) is 18.9. The van der Waals surface area contributed by atoms with Crippen LogP contribution >= 0.6 is 0 Å². The summed E-state index contributed by atoms with van der Waals surface area (Å²) < 4.78 is 6.24. The molecule has 4 saturated carbocycles. The second-order valence-corrected chi connectivity index (χ2v) is 18.9. The lowest BCUT2D eigenvalue weighted by atomic mass is 9.36. The Labute approximate surface area is 312 Å². The van der Waals surface area contributed by atoms with Crippen molar-refractivity contribution in [3.8, 4) is 0 Å². The van der Waals surface area contributed by atoms with Crippen molar-refractivity contribution in [1.82, 2.24) is 10.6 Å². The number of unbranched alkanes of at least 4 members (excludes halogenated alkanes) is 6. The number of hydrogen-bond donors (Lipinski definition) is 5. The van der Waals surface area contributed by atoms with Crippen LogP contribution < -0.4 is 16.4 Å². The minimum absolute atomic E-state index is 0.0530. The number of aliphatic hydroxyl groups is 2. The van der Waals surface area contributed by atoms with E-state index in [1.165, 1.54) is 26.2 Å². The van der Waals surface area contributed by atoms with Crippen LogP contribution in [0.4, 0.5) is 0 Å². The van der Waals surface area contributed by atoms with E-state index in [1.54, 1.807) is 0 Å². The van der Waals surface area contributed by atoms with Crippen LogP contribution in [0.15, 0.2) is 0 Å².